The molecule has 0 aliphatic carbocycles. The number of benzene rings is 2. The molecule has 2 aromatic carbocycles. The molecule has 0 aliphatic rings. The molecule has 0 unspecified atom stereocenters. The number of carboxylic acid groups (broad SMARTS) is 1. The third-order valence-electron chi connectivity index (χ3n) is 3.42. The minimum Gasteiger partial charge on any atom is -0.478 e. The standard InChI is InChI=1S/C18H19FO3/c1-12(2)15-5-3-4-6-16(15)22-17(18(20)21)11-13-7-9-14(19)10-8-13/h3-10,12,17H,11H2,1-2H3,(H,20,21)/t17-/m0/s1. The molecule has 0 saturated carbocycles. The lowest BCUT2D eigenvalue weighted by Gasteiger charge is -2.19. The van der Waals surface area contributed by atoms with Crippen LogP contribution in [0, 0.1) is 5.82 Å². The van der Waals surface area contributed by atoms with Gasteiger partial charge in [-0.05, 0) is 35.2 Å². The molecule has 0 saturated heterocycles. The Hall–Kier alpha value is -2.36. The Morgan fingerprint density at radius 1 is 1.14 bits per heavy atom. The van der Waals surface area contributed by atoms with E-state index in [4.69, 9.17) is 4.74 Å². The average Bonchev–Trinajstić information content (AvgIpc) is 2.49. The van der Waals surface area contributed by atoms with Gasteiger partial charge in [0.05, 0.1) is 0 Å². The van der Waals surface area contributed by atoms with Crippen LogP contribution in [0.25, 0.3) is 0 Å². The molecule has 2 aromatic rings. The summed E-state index contributed by atoms with van der Waals surface area (Å²) in [6.45, 7) is 4.05. The van der Waals surface area contributed by atoms with Gasteiger partial charge < -0.3 is 9.84 Å². The number of carboxylic acids is 1. The van der Waals surface area contributed by atoms with Crippen molar-refractivity contribution in [2.45, 2.75) is 32.3 Å². The fourth-order valence-corrected chi connectivity index (χ4v) is 2.23. The number of aliphatic carboxylic acids is 1. The minimum absolute atomic E-state index is 0.183. The molecule has 0 amide bonds. The zero-order valence-corrected chi connectivity index (χ0v) is 12.6. The van der Waals surface area contributed by atoms with E-state index in [1.54, 1.807) is 18.2 Å². The molecule has 1 atom stereocenters. The van der Waals surface area contributed by atoms with Crippen molar-refractivity contribution in [2.24, 2.45) is 0 Å². The average molecular weight is 302 g/mol. The van der Waals surface area contributed by atoms with Gasteiger partial charge in [-0.2, -0.15) is 0 Å². The summed E-state index contributed by atoms with van der Waals surface area (Å²) < 4.78 is 18.6. The Morgan fingerprint density at radius 3 is 2.36 bits per heavy atom. The van der Waals surface area contributed by atoms with Crippen LogP contribution in [0.3, 0.4) is 0 Å². The number of ether oxygens (including phenoxy) is 1. The van der Waals surface area contributed by atoms with Gasteiger partial charge in [0, 0.05) is 6.42 Å². The fraction of sp³-hybridized carbons (Fsp3) is 0.278. The van der Waals surface area contributed by atoms with E-state index in [9.17, 15) is 14.3 Å². The fourth-order valence-electron chi connectivity index (χ4n) is 2.23. The Balaban J connectivity index is 2.19. The Morgan fingerprint density at radius 2 is 1.77 bits per heavy atom. The predicted molar refractivity (Wildman–Crippen MR) is 82.7 cm³/mol. The number of hydrogen-bond donors (Lipinski definition) is 1. The van der Waals surface area contributed by atoms with Crippen molar-refractivity contribution in [3.63, 3.8) is 0 Å². The number of hydrogen-bond acceptors (Lipinski definition) is 2. The molecular formula is C18H19FO3. The molecule has 0 aliphatic heterocycles. The van der Waals surface area contributed by atoms with Gasteiger partial charge in [0.15, 0.2) is 6.10 Å². The quantitative estimate of drug-likeness (QED) is 0.876. The lowest BCUT2D eigenvalue weighted by atomic mass is 10.0. The maximum atomic E-state index is 12.9. The summed E-state index contributed by atoms with van der Waals surface area (Å²) in [5.41, 5.74) is 1.68. The summed E-state index contributed by atoms with van der Waals surface area (Å²) in [4.78, 5) is 11.5. The molecule has 0 fully saturated rings. The molecule has 3 nitrogen and oxygen atoms in total. The summed E-state index contributed by atoms with van der Waals surface area (Å²) in [5, 5.41) is 9.38. The SMILES string of the molecule is CC(C)c1ccccc1O[C@@H](Cc1ccc(F)cc1)C(=O)O. The topological polar surface area (TPSA) is 46.5 Å². The third kappa shape index (κ3) is 4.07. The third-order valence-corrected chi connectivity index (χ3v) is 3.42. The number of para-hydroxylation sites is 1. The molecule has 4 heteroatoms. The van der Waals surface area contributed by atoms with E-state index < -0.39 is 12.1 Å². The first-order valence-electron chi connectivity index (χ1n) is 7.20. The molecule has 0 radical (unpaired) electrons. The number of carbonyl (C=O) groups is 1. The van der Waals surface area contributed by atoms with Crippen molar-refractivity contribution in [2.75, 3.05) is 0 Å². The lowest BCUT2D eigenvalue weighted by molar-refractivity contribution is -0.145. The largest absolute Gasteiger partial charge is 0.478 e. The maximum absolute atomic E-state index is 12.9. The first-order chi connectivity index (χ1) is 10.5. The van der Waals surface area contributed by atoms with Crippen LogP contribution in [-0.4, -0.2) is 17.2 Å². The van der Waals surface area contributed by atoms with Crippen LogP contribution in [0.15, 0.2) is 48.5 Å². The summed E-state index contributed by atoms with van der Waals surface area (Å²) in [7, 11) is 0. The van der Waals surface area contributed by atoms with Gasteiger partial charge >= 0.3 is 5.97 Å². The highest BCUT2D eigenvalue weighted by atomic mass is 19.1. The Labute approximate surface area is 129 Å². The smallest absolute Gasteiger partial charge is 0.345 e. The van der Waals surface area contributed by atoms with E-state index in [2.05, 4.69) is 0 Å². The normalized spacial score (nSPS) is 12.2. The summed E-state index contributed by atoms with van der Waals surface area (Å²) >= 11 is 0. The van der Waals surface area contributed by atoms with Crippen molar-refractivity contribution in [1.29, 1.82) is 0 Å². The summed E-state index contributed by atoms with van der Waals surface area (Å²) in [5.74, 6) is -0.576. The number of rotatable bonds is 6. The second-order valence-corrected chi connectivity index (χ2v) is 5.47. The van der Waals surface area contributed by atoms with Crippen LogP contribution in [-0.2, 0) is 11.2 Å². The molecule has 116 valence electrons. The zero-order chi connectivity index (χ0) is 16.1. The van der Waals surface area contributed by atoms with Crippen LogP contribution in [0.4, 0.5) is 4.39 Å². The van der Waals surface area contributed by atoms with Crippen LogP contribution in [0.5, 0.6) is 5.75 Å². The molecule has 0 heterocycles. The van der Waals surface area contributed by atoms with E-state index in [-0.39, 0.29) is 18.2 Å². The highest BCUT2D eigenvalue weighted by Gasteiger charge is 2.21. The van der Waals surface area contributed by atoms with Gasteiger partial charge in [-0.1, -0.05) is 44.2 Å². The first-order valence-corrected chi connectivity index (χ1v) is 7.20. The Bertz CT molecular complexity index is 635. The van der Waals surface area contributed by atoms with E-state index in [0.29, 0.717) is 5.75 Å². The molecule has 0 spiro atoms. The second kappa shape index (κ2) is 7.07. The van der Waals surface area contributed by atoms with Crippen molar-refractivity contribution in [3.8, 4) is 5.75 Å². The molecule has 0 bridgehead atoms. The minimum atomic E-state index is -1.04. The lowest BCUT2D eigenvalue weighted by Crippen LogP contribution is -2.29. The van der Waals surface area contributed by atoms with E-state index in [1.807, 2.05) is 32.0 Å². The van der Waals surface area contributed by atoms with Crippen LogP contribution in [0.1, 0.15) is 30.9 Å². The molecule has 22 heavy (non-hydrogen) atoms. The second-order valence-electron chi connectivity index (χ2n) is 5.47. The highest BCUT2D eigenvalue weighted by molar-refractivity contribution is 5.73. The Kier molecular flexibility index (Phi) is 5.15. The van der Waals surface area contributed by atoms with E-state index >= 15 is 0 Å². The van der Waals surface area contributed by atoms with Gasteiger partial charge in [-0.25, -0.2) is 9.18 Å². The van der Waals surface area contributed by atoms with E-state index in [1.165, 1.54) is 12.1 Å². The monoisotopic (exact) mass is 302 g/mol. The van der Waals surface area contributed by atoms with Crippen LogP contribution < -0.4 is 4.74 Å². The highest BCUT2D eigenvalue weighted by Crippen LogP contribution is 2.27. The van der Waals surface area contributed by atoms with Gasteiger partial charge in [0.1, 0.15) is 11.6 Å². The van der Waals surface area contributed by atoms with Crippen molar-refractivity contribution in [3.05, 3.63) is 65.5 Å². The maximum Gasteiger partial charge on any atom is 0.345 e. The first kappa shape index (κ1) is 16.0. The molecule has 2 rings (SSSR count). The zero-order valence-electron chi connectivity index (χ0n) is 12.6. The molecular weight excluding hydrogens is 283 g/mol. The van der Waals surface area contributed by atoms with Crippen LogP contribution >= 0.6 is 0 Å². The van der Waals surface area contributed by atoms with E-state index in [0.717, 1.165) is 11.1 Å². The van der Waals surface area contributed by atoms with Crippen molar-refractivity contribution >= 4 is 5.97 Å². The number of halogens is 1. The summed E-state index contributed by atoms with van der Waals surface area (Å²) in [6.07, 6.45) is -0.826. The predicted octanol–water partition coefficient (Wildman–Crippen LogP) is 4.02. The van der Waals surface area contributed by atoms with Crippen molar-refractivity contribution < 1.29 is 19.0 Å². The van der Waals surface area contributed by atoms with Crippen LogP contribution in [0.2, 0.25) is 0 Å². The van der Waals surface area contributed by atoms with Gasteiger partial charge in [-0.15, -0.1) is 0 Å². The summed E-state index contributed by atoms with van der Waals surface area (Å²) in [6, 6.07) is 13.2. The van der Waals surface area contributed by atoms with Gasteiger partial charge in [0.2, 0.25) is 0 Å². The molecule has 1 N–H and O–H groups in total. The van der Waals surface area contributed by atoms with Gasteiger partial charge in [-0.3, -0.25) is 0 Å². The van der Waals surface area contributed by atoms with Gasteiger partial charge in [0.25, 0.3) is 0 Å². The molecule has 0 aromatic heterocycles. The van der Waals surface area contributed by atoms with Crippen molar-refractivity contribution in [1.82, 2.24) is 0 Å².